The summed E-state index contributed by atoms with van der Waals surface area (Å²) in [5.41, 5.74) is 2.38. The van der Waals surface area contributed by atoms with Crippen LogP contribution in [0.4, 0.5) is 5.69 Å². The minimum absolute atomic E-state index is 0.0563. The monoisotopic (exact) mass is 529 g/mol. The number of hydrogen-bond donors (Lipinski definition) is 0. The summed E-state index contributed by atoms with van der Waals surface area (Å²) in [5.74, 6) is 1.54. The van der Waals surface area contributed by atoms with Gasteiger partial charge in [0.1, 0.15) is 12.3 Å². The van der Waals surface area contributed by atoms with Gasteiger partial charge in [0, 0.05) is 10.0 Å². The summed E-state index contributed by atoms with van der Waals surface area (Å²) in [6.07, 6.45) is 6.98. The van der Waals surface area contributed by atoms with E-state index in [1.807, 2.05) is 30.3 Å². The molecule has 0 aromatic heterocycles. The first-order valence-corrected chi connectivity index (χ1v) is 11.2. The number of hydrazone groups is 1. The number of ether oxygens (including phenoxy) is 2. The summed E-state index contributed by atoms with van der Waals surface area (Å²) in [5, 5.41) is 17.1. The number of aromatic carboxylic acids is 1. The van der Waals surface area contributed by atoms with Crippen LogP contribution >= 0.6 is 15.9 Å². The van der Waals surface area contributed by atoms with Gasteiger partial charge >= 0.3 is 0 Å². The molecule has 0 unspecified atom stereocenters. The lowest BCUT2D eigenvalue weighted by atomic mass is 10.00. The summed E-state index contributed by atoms with van der Waals surface area (Å²) in [7, 11) is 1.51. The van der Waals surface area contributed by atoms with Crippen molar-refractivity contribution in [3.63, 3.8) is 0 Å². The molecule has 8 heteroatoms. The number of anilines is 1. The van der Waals surface area contributed by atoms with Crippen LogP contribution in [0.2, 0.25) is 0 Å². The Labute approximate surface area is 210 Å². The number of halogens is 1. The second kappa shape index (κ2) is 10.3. The van der Waals surface area contributed by atoms with Crippen LogP contribution < -0.4 is 19.6 Å². The topological polar surface area (TPSA) is 91.3 Å². The van der Waals surface area contributed by atoms with Crippen LogP contribution in [-0.2, 0) is 4.79 Å². The fourth-order valence-electron chi connectivity index (χ4n) is 3.50. The minimum atomic E-state index is -1.34. The summed E-state index contributed by atoms with van der Waals surface area (Å²) in [6, 6.07) is 18.5. The van der Waals surface area contributed by atoms with Gasteiger partial charge in [0.05, 0.1) is 24.3 Å². The van der Waals surface area contributed by atoms with E-state index in [4.69, 9.17) is 15.9 Å². The van der Waals surface area contributed by atoms with Crippen LogP contribution in [0.25, 0.3) is 6.08 Å². The molecule has 0 saturated heterocycles. The number of carbonyl (C=O) groups is 2. The molecule has 1 amide bonds. The molecule has 0 atom stereocenters. The predicted molar refractivity (Wildman–Crippen MR) is 134 cm³/mol. The number of nitrogens with zero attached hydrogens (tertiary/aromatic N) is 2. The Morgan fingerprint density at radius 3 is 2.60 bits per heavy atom. The molecule has 0 aliphatic carbocycles. The van der Waals surface area contributed by atoms with E-state index in [-0.39, 0.29) is 12.2 Å². The smallest absolute Gasteiger partial charge is 0.281 e. The molecule has 3 aromatic rings. The minimum Gasteiger partial charge on any atom is -0.545 e. The van der Waals surface area contributed by atoms with Gasteiger partial charge in [-0.2, -0.15) is 10.1 Å². The van der Waals surface area contributed by atoms with Crippen LogP contribution in [0, 0.1) is 12.3 Å². The molecule has 0 saturated carbocycles. The number of benzene rings is 3. The molecule has 3 aromatic carbocycles. The highest BCUT2D eigenvalue weighted by Gasteiger charge is 2.32. The Balaban J connectivity index is 1.82. The predicted octanol–water partition coefficient (Wildman–Crippen LogP) is 3.67. The van der Waals surface area contributed by atoms with Crippen molar-refractivity contribution in [2.75, 3.05) is 18.7 Å². The van der Waals surface area contributed by atoms with Crippen LogP contribution in [0.3, 0.4) is 0 Å². The van der Waals surface area contributed by atoms with E-state index in [1.165, 1.54) is 30.3 Å². The molecular formula is C27H18BrN2O5-. The molecule has 0 bridgehead atoms. The van der Waals surface area contributed by atoms with E-state index >= 15 is 0 Å². The van der Waals surface area contributed by atoms with Crippen molar-refractivity contribution < 1.29 is 24.2 Å². The lowest BCUT2D eigenvalue weighted by Crippen LogP contribution is -2.24. The second-order valence-electron chi connectivity index (χ2n) is 7.34. The molecule has 7 nitrogen and oxygen atoms in total. The van der Waals surface area contributed by atoms with Crippen LogP contribution in [-0.4, -0.2) is 31.3 Å². The molecule has 1 aliphatic rings. The van der Waals surface area contributed by atoms with Gasteiger partial charge in [-0.25, -0.2) is 0 Å². The first-order chi connectivity index (χ1) is 16.9. The summed E-state index contributed by atoms with van der Waals surface area (Å²) in [6.45, 7) is 0.0758. The zero-order chi connectivity index (χ0) is 24.9. The normalized spacial score (nSPS) is 14.0. The quantitative estimate of drug-likeness (QED) is 0.344. The first kappa shape index (κ1) is 23.8. The number of terminal acetylenes is 1. The molecule has 0 fully saturated rings. The highest BCUT2D eigenvalue weighted by atomic mass is 79.9. The third-order valence-corrected chi connectivity index (χ3v) is 5.83. The number of carboxylic acids is 1. The van der Waals surface area contributed by atoms with Crippen molar-refractivity contribution in [3.05, 3.63) is 93.5 Å². The van der Waals surface area contributed by atoms with Crippen molar-refractivity contribution in [1.82, 2.24) is 0 Å². The van der Waals surface area contributed by atoms with E-state index in [1.54, 1.807) is 24.3 Å². The average Bonchev–Trinajstić information content (AvgIpc) is 3.20. The van der Waals surface area contributed by atoms with E-state index < -0.39 is 11.9 Å². The fraction of sp³-hybridized carbons (Fsp3) is 0.0741. The lowest BCUT2D eigenvalue weighted by Gasteiger charge is -2.14. The summed E-state index contributed by atoms with van der Waals surface area (Å²) >= 11 is 3.52. The van der Waals surface area contributed by atoms with Crippen molar-refractivity contribution in [1.29, 1.82) is 0 Å². The molecule has 35 heavy (non-hydrogen) atoms. The van der Waals surface area contributed by atoms with Gasteiger partial charge in [-0.15, -0.1) is 6.42 Å². The van der Waals surface area contributed by atoms with Crippen molar-refractivity contribution >= 4 is 45.3 Å². The zero-order valence-electron chi connectivity index (χ0n) is 18.5. The maximum atomic E-state index is 13.5. The number of hydrogen-bond acceptors (Lipinski definition) is 6. The van der Waals surface area contributed by atoms with Crippen LogP contribution in [0.5, 0.6) is 11.5 Å². The first-order valence-electron chi connectivity index (χ1n) is 10.4. The number of methoxy groups -OCH3 is 1. The Kier molecular flexibility index (Phi) is 6.99. The molecule has 174 valence electrons. The number of amides is 1. The maximum absolute atomic E-state index is 13.5. The third-order valence-electron chi connectivity index (χ3n) is 5.15. The number of carbonyl (C=O) groups excluding carboxylic acids is 2. The van der Waals surface area contributed by atoms with E-state index in [2.05, 4.69) is 27.0 Å². The van der Waals surface area contributed by atoms with Crippen molar-refractivity contribution in [2.45, 2.75) is 0 Å². The Morgan fingerprint density at radius 1 is 1.14 bits per heavy atom. The van der Waals surface area contributed by atoms with Crippen molar-refractivity contribution in [2.24, 2.45) is 5.10 Å². The largest absolute Gasteiger partial charge is 0.545 e. The van der Waals surface area contributed by atoms with Gasteiger partial charge in [0.25, 0.3) is 5.91 Å². The van der Waals surface area contributed by atoms with Crippen LogP contribution in [0.1, 0.15) is 21.5 Å². The van der Waals surface area contributed by atoms with E-state index in [0.717, 1.165) is 5.56 Å². The summed E-state index contributed by atoms with van der Waals surface area (Å²) < 4.78 is 11.6. The lowest BCUT2D eigenvalue weighted by molar-refractivity contribution is -0.255. The fourth-order valence-corrected chi connectivity index (χ4v) is 3.94. The van der Waals surface area contributed by atoms with Crippen LogP contribution in [0.15, 0.2) is 81.9 Å². The zero-order valence-corrected chi connectivity index (χ0v) is 20.1. The van der Waals surface area contributed by atoms with Gasteiger partial charge in [0.2, 0.25) is 0 Å². The van der Waals surface area contributed by atoms with Gasteiger partial charge in [-0.05, 0) is 41.5 Å². The Hall–Kier alpha value is -4.35. The summed E-state index contributed by atoms with van der Waals surface area (Å²) in [4.78, 5) is 24.9. The molecule has 0 N–H and O–H groups in total. The highest BCUT2D eigenvalue weighted by Crippen LogP contribution is 2.36. The SMILES string of the molecule is C#CCOc1cc(Br)c(/C=C2/C(=O)N(c3cccc(C(=O)[O-])c3)N=C2c2ccccc2)cc1OC. The second-order valence-corrected chi connectivity index (χ2v) is 8.20. The standard InChI is InChI=1S/C27H19BrN2O5/c1-3-12-35-24-16-22(28)19(15-23(24)34-2)14-21-25(17-8-5-4-6-9-17)29-30(26(21)31)20-11-7-10-18(13-20)27(32)33/h1,4-11,13-16H,12H2,2H3,(H,32,33)/p-1/b21-14+. The highest BCUT2D eigenvalue weighted by molar-refractivity contribution is 9.10. The Morgan fingerprint density at radius 2 is 1.91 bits per heavy atom. The van der Waals surface area contributed by atoms with E-state index in [9.17, 15) is 14.7 Å². The third kappa shape index (κ3) is 4.95. The molecule has 1 heterocycles. The average molecular weight is 530 g/mol. The molecular weight excluding hydrogens is 512 g/mol. The van der Waals surface area contributed by atoms with Crippen molar-refractivity contribution in [3.8, 4) is 23.8 Å². The molecule has 4 rings (SSSR count). The maximum Gasteiger partial charge on any atom is 0.281 e. The van der Waals surface area contributed by atoms with Gasteiger partial charge < -0.3 is 19.4 Å². The number of rotatable bonds is 7. The van der Waals surface area contributed by atoms with Gasteiger partial charge in [0.15, 0.2) is 11.5 Å². The number of carboxylic acid groups (broad SMARTS) is 1. The van der Waals surface area contributed by atoms with E-state index in [0.29, 0.717) is 38.5 Å². The van der Waals surface area contributed by atoms with Gasteiger partial charge in [-0.1, -0.05) is 64.3 Å². The molecule has 0 radical (unpaired) electrons. The van der Waals surface area contributed by atoms with Gasteiger partial charge in [-0.3, -0.25) is 4.79 Å². The molecule has 1 aliphatic heterocycles. The Bertz CT molecular complexity index is 1410. The molecule has 0 spiro atoms.